The zero-order valence-electron chi connectivity index (χ0n) is 13.7. The Morgan fingerprint density at radius 3 is 2.96 bits per heavy atom. The molecule has 2 aromatic heterocycles. The van der Waals surface area contributed by atoms with Crippen LogP contribution in [0.25, 0.3) is 11.3 Å². The number of benzene rings is 1. The van der Waals surface area contributed by atoms with Gasteiger partial charge in [0.1, 0.15) is 11.8 Å². The third-order valence-electron chi connectivity index (χ3n) is 4.06. The van der Waals surface area contributed by atoms with Gasteiger partial charge in [-0.3, -0.25) is 9.89 Å². The molecule has 0 spiro atoms. The molecular formula is C17H16ClN5O3. The van der Waals surface area contributed by atoms with Gasteiger partial charge >= 0.3 is 0 Å². The van der Waals surface area contributed by atoms with Crippen molar-refractivity contribution in [2.75, 3.05) is 6.61 Å². The molecule has 0 aliphatic carbocycles. The number of ether oxygens (including phenoxy) is 1. The van der Waals surface area contributed by atoms with Crippen LogP contribution >= 0.6 is 11.6 Å². The van der Waals surface area contributed by atoms with Gasteiger partial charge in [0, 0.05) is 17.2 Å². The molecule has 1 fully saturated rings. The zero-order chi connectivity index (χ0) is 17.9. The summed E-state index contributed by atoms with van der Waals surface area (Å²) in [6.45, 7) is 0.860. The molecule has 0 bridgehead atoms. The summed E-state index contributed by atoms with van der Waals surface area (Å²) in [5.74, 6) is 0.556. The van der Waals surface area contributed by atoms with Crippen molar-refractivity contribution in [1.82, 2.24) is 25.7 Å². The molecule has 1 aliphatic heterocycles. The van der Waals surface area contributed by atoms with Gasteiger partial charge in [-0.25, -0.2) is 0 Å². The van der Waals surface area contributed by atoms with Crippen LogP contribution in [0.15, 0.2) is 34.9 Å². The Morgan fingerprint density at radius 2 is 2.19 bits per heavy atom. The van der Waals surface area contributed by atoms with Gasteiger partial charge in [-0.15, -0.1) is 0 Å². The second-order valence-electron chi connectivity index (χ2n) is 5.91. The van der Waals surface area contributed by atoms with Crippen molar-refractivity contribution in [2.45, 2.75) is 25.5 Å². The predicted octanol–water partition coefficient (Wildman–Crippen LogP) is 2.89. The molecule has 2 N–H and O–H groups in total. The summed E-state index contributed by atoms with van der Waals surface area (Å²) in [5.41, 5.74) is 1.87. The first-order valence-electron chi connectivity index (χ1n) is 8.22. The number of aromatic nitrogens is 4. The van der Waals surface area contributed by atoms with Crippen LogP contribution in [0.3, 0.4) is 0 Å². The lowest BCUT2D eigenvalue weighted by Crippen LogP contribution is -2.23. The quantitative estimate of drug-likeness (QED) is 0.712. The molecule has 0 radical (unpaired) electrons. The molecular weight excluding hydrogens is 358 g/mol. The molecule has 4 rings (SSSR count). The topological polar surface area (TPSA) is 106 Å². The molecule has 1 saturated heterocycles. The molecule has 26 heavy (non-hydrogen) atoms. The van der Waals surface area contributed by atoms with Gasteiger partial charge in [0.25, 0.3) is 11.8 Å². The largest absolute Gasteiger partial charge is 0.368 e. The van der Waals surface area contributed by atoms with Gasteiger partial charge < -0.3 is 14.6 Å². The normalized spacial score (nSPS) is 16.7. The van der Waals surface area contributed by atoms with E-state index in [9.17, 15) is 4.79 Å². The summed E-state index contributed by atoms with van der Waals surface area (Å²) in [6.07, 6.45) is 1.71. The van der Waals surface area contributed by atoms with Crippen molar-refractivity contribution in [3.05, 3.63) is 52.8 Å². The highest BCUT2D eigenvalue weighted by molar-refractivity contribution is 6.30. The third kappa shape index (κ3) is 3.61. The fraction of sp³-hybridized carbons (Fsp3) is 0.294. The number of hydrogen-bond donors (Lipinski definition) is 2. The van der Waals surface area contributed by atoms with Gasteiger partial charge in [0.15, 0.2) is 5.82 Å². The highest BCUT2D eigenvalue weighted by Crippen LogP contribution is 2.26. The minimum atomic E-state index is -0.304. The molecule has 3 aromatic rings. The van der Waals surface area contributed by atoms with Gasteiger partial charge in [-0.2, -0.15) is 10.1 Å². The van der Waals surface area contributed by atoms with Crippen molar-refractivity contribution in [3.63, 3.8) is 0 Å². The highest BCUT2D eigenvalue weighted by atomic mass is 35.5. The highest BCUT2D eigenvalue weighted by Gasteiger charge is 2.24. The fourth-order valence-electron chi connectivity index (χ4n) is 2.70. The number of nitrogens with zero attached hydrogens (tertiary/aromatic N) is 3. The van der Waals surface area contributed by atoms with E-state index in [4.69, 9.17) is 20.9 Å². The lowest BCUT2D eigenvalue weighted by Gasteiger charge is -2.01. The van der Waals surface area contributed by atoms with E-state index in [2.05, 4.69) is 25.7 Å². The SMILES string of the molecule is O=C(NCc1noc([C@@H]2CCCO2)n1)c1cc(-c2ccc(Cl)cc2)n[nH]1. The number of aromatic amines is 1. The summed E-state index contributed by atoms with van der Waals surface area (Å²) < 4.78 is 10.7. The molecule has 134 valence electrons. The molecule has 3 heterocycles. The van der Waals surface area contributed by atoms with E-state index in [-0.39, 0.29) is 18.6 Å². The van der Waals surface area contributed by atoms with Crippen molar-refractivity contribution in [3.8, 4) is 11.3 Å². The smallest absolute Gasteiger partial charge is 0.269 e. The Balaban J connectivity index is 1.37. The van der Waals surface area contributed by atoms with E-state index in [1.54, 1.807) is 18.2 Å². The number of nitrogens with one attached hydrogen (secondary N) is 2. The summed E-state index contributed by atoms with van der Waals surface area (Å²) in [7, 11) is 0. The number of carbonyl (C=O) groups excluding carboxylic acids is 1. The van der Waals surface area contributed by atoms with Crippen molar-refractivity contribution < 1.29 is 14.1 Å². The second kappa shape index (κ2) is 7.27. The van der Waals surface area contributed by atoms with Crippen LogP contribution in [-0.2, 0) is 11.3 Å². The third-order valence-corrected chi connectivity index (χ3v) is 4.31. The number of hydrogen-bond acceptors (Lipinski definition) is 6. The Kier molecular flexibility index (Phi) is 4.68. The first-order chi connectivity index (χ1) is 12.7. The van der Waals surface area contributed by atoms with Gasteiger partial charge in [-0.05, 0) is 31.0 Å². The van der Waals surface area contributed by atoms with E-state index >= 15 is 0 Å². The minimum absolute atomic E-state index is 0.138. The predicted molar refractivity (Wildman–Crippen MR) is 92.4 cm³/mol. The van der Waals surface area contributed by atoms with Gasteiger partial charge in [0.2, 0.25) is 0 Å². The Bertz CT molecular complexity index is 899. The number of amides is 1. The molecule has 0 saturated carbocycles. The average molecular weight is 374 g/mol. The van der Waals surface area contributed by atoms with E-state index < -0.39 is 0 Å². The van der Waals surface area contributed by atoms with E-state index in [1.165, 1.54) is 0 Å². The van der Waals surface area contributed by atoms with Gasteiger partial charge in [-0.1, -0.05) is 28.9 Å². The molecule has 1 amide bonds. The number of rotatable bonds is 5. The Labute approximate surface area is 153 Å². The number of H-pyrrole nitrogens is 1. The maximum absolute atomic E-state index is 12.3. The molecule has 1 aliphatic rings. The maximum atomic E-state index is 12.3. The summed E-state index contributed by atoms with van der Waals surface area (Å²) in [6, 6.07) is 8.89. The van der Waals surface area contributed by atoms with Crippen LogP contribution < -0.4 is 5.32 Å². The molecule has 0 unspecified atom stereocenters. The van der Waals surface area contributed by atoms with Crippen LogP contribution in [0.5, 0.6) is 0 Å². The van der Waals surface area contributed by atoms with E-state index in [0.717, 1.165) is 18.4 Å². The van der Waals surface area contributed by atoms with Crippen molar-refractivity contribution >= 4 is 17.5 Å². The van der Waals surface area contributed by atoms with Crippen LogP contribution in [0.4, 0.5) is 0 Å². The minimum Gasteiger partial charge on any atom is -0.368 e. The van der Waals surface area contributed by atoms with Crippen LogP contribution in [0.1, 0.15) is 41.1 Å². The lowest BCUT2D eigenvalue weighted by molar-refractivity contribution is 0.0835. The van der Waals surface area contributed by atoms with E-state index in [0.29, 0.717) is 34.7 Å². The van der Waals surface area contributed by atoms with Crippen LogP contribution in [0.2, 0.25) is 5.02 Å². The standard InChI is InChI=1S/C17H16ClN5O3/c18-11-5-3-10(4-6-11)12-8-13(22-21-12)16(24)19-9-15-20-17(26-23-15)14-2-1-7-25-14/h3-6,8,14H,1-2,7,9H2,(H,19,24)(H,21,22)/t14-/m0/s1. The molecule has 1 aromatic carbocycles. The Morgan fingerprint density at radius 1 is 1.35 bits per heavy atom. The number of halogens is 1. The van der Waals surface area contributed by atoms with Crippen molar-refractivity contribution in [2.24, 2.45) is 0 Å². The molecule has 1 atom stereocenters. The summed E-state index contributed by atoms with van der Waals surface area (Å²) in [4.78, 5) is 16.5. The first kappa shape index (κ1) is 16.7. The van der Waals surface area contributed by atoms with Crippen molar-refractivity contribution in [1.29, 1.82) is 0 Å². The zero-order valence-corrected chi connectivity index (χ0v) is 14.5. The lowest BCUT2D eigenvalue weighted by atomic mass is 10.1. The monoisotopic (exact) mass is 373 g/mol. The van der Waals surface area contributed by atoms with E-state index in [1.807, 2.05) is 12.1 Å². The second-order valence-corrected chi connectivity index (χ2v) is 6.34. The summed E-state index contributed by atoms with van der Waals surface area (Å²) >= 11 is 5.88. The summed E-state index contributed by atoms with van der Waals surface area (Å²) in [5, 5.41) is 14.1. The maximum Gasteiger partial charge on any atom is 0.269 e. The Hall–Kier alpha value is -2.71. The first-order valence-corrected chi connectivity index (χ1v) is 8.60. The molecule has 8 nitrogen and oxygen atoms in total. The van der Waals surface area contributed by atoms with Gasteiger partial charge in [0.05, 0.1) is 12.2 Å². The number of carbonyl (C=O) groups is 1. The molecule has 9 heteroatoms. The van der Waals surface area contributed by atoms with Crippen LogP contribution in [-0.4, -0.2) is 32.9 Å². The average Bonchev–Trinajstić information content (AvgIpc) is 3.41. The van der Waals surface area contributed by atoms with Crippen LogP contribution in [0, 0.1) is 0 Å². The fourth-order valence-corrected chi connectivity index (χ4v) is 2.83.